The zero-order valence-electron chi connectivity index (χ0n) is 7.89. The molecule has 0 amide bonds. The number of hydrogen-bond acceptors (Lipinski definition) is 1. The summed E-state index contributed by atoms with van der Waals surface area (Å²) in [5.41, 5.74) is -0.0786. The van der Waals surface area contributed by atoms with Crippen LogP contribution in [0.4, 0.5) is 12.9 Å². The minimum Gasteiger partial charge on any atom is -0.445 e. The van der Waals surface area contributed by atoms with Gasteiger partial charge in [0.1, 0.15) is 0 Å². The summed E-state index contributed by atoms with van der Waals surface area (Å²) in [6.45, 7) is -3.39. The first-order valence-corrected chi connectivity index (χ1v) is 3.65. The summed E-state index contributed by atoms with van der Waals surface area (Å²) < 4.78 is 36.6. The van der Waals surface area contributed by atoms with E-state index in [0.717, 1.165) is 12.1 Å². The molecule has 1 aromatic carbocycles. The van der Waals surface area contributed by atoms with E-state index in [2.05, 4.69) is 0 Å². The molecule has 0 saturated heterocycles. The number of rotatable bonds is 1. The molecule has 0 aliphatic rings. The van der Waals surface area contributed by atoms with E-state index in [0.29, 0.717) is 5.56 Å². The molecule has 0 atom stereocenters. The van der Waals surface area contributed by atoms with Crippen LogP contribution in [0.1, 0.15) is 11.1 Å². The summed E-state index contributed by atoms with van der Waals surface area (Å²) in [6, 6.07) is 4.91. The van der Waals surface area contributed by atoms with Crippen LogP contribution in [0.5, 0.6) is 0 Å². The minimum absolute atomic E-state index is 0. The summed E-state index contributed by atoms with van der Waals surface area (Å²) in [6.07, 6.45) is 0. The molecular formula is C8H6BF3KN. The first-order valence-electron chi connectivity index (χ1n) is 3.65. The molecule has 0 unspecified atom stereocenters. The molecule has 0 aliphatic carbocycles. The van der Waals surface area contributed by atoms with E-state index in [1.165, 1.54) is 6.07 Å². The van der Waals surface area contributed by atoms with Crippen molar-refractivity contribution in [1.82, 2.24) is 0 Å². The van der Waals surface area contributed by atoms with Gasteiger partial charge in [-0.05, 0) is 12.5 Å². The second kappa shape index (κ2) is 5.33. The van der Waals surface area contributed by atoms with Crippen molar-refractivity contribution in [2.75, 3.05) is 0 Å². The molecule has 0 N–H and O–H groups in total. The molecule has 0 heterocycles. The van der Waals surface area contributed by atoms with E-state index in [4.69, 9.17) is 5.26 Å². The second-order valence-corrected chi connectivity index (χ2v) is 2.76. The van der Waals surface area contributed by atoms with Crippen molar-refractivity contribution in [3.63, 3.8) is 0 Å². The average molecular weight is 223 g/mol. The first-order chi connectivity index (χ1) is 5.95. The quantitative estimate of drug-likeness (QED) is 0.556. The summed E-state index contributed by atoms with van der Waals surface area (Å²) >= 11 is 0. The molecule has 1 rings (SSSR count). The van der Waals surface area contributed by atoms with Gasteiger partial charge in [-0.2, -0.15) is 5.26 Å². The van der Waals surface area contributed by atoms with Crippen molar-refractivity contribution in [3.05, 3.63) is 29.3 Å². The van der Waals surface area contributed by atoms with Crippen LogP contribution in [-0.4, -0.2) is 6.98 Å². The molecule has 0 spiro atoms. The van der Waals surface area contributed by atoms with Gasteiger partial charge in [0.2, 0.25) is 0 Å². The Labute approximate surface area is 123 Å². The Kier molecular flexibility index (Phi) is 5.41. The SMILES string of the molecule is Cc1ccc([B-](F)(F)F)cc1C#N.[K+]. The summed E-state index contributed by atoms with van der Waals surface area (Å²) in [5.74, 6) is 0. The molecule has 0 aromatic heterocycles. The molecule has 1 aromatic rings. The van der Waals surface area contributed by atoms with Crippen molar-refractivity contribution in [1.29, 1.82) is 5.26 Å². The molecule has 0 fully saturated rings. The third-order valence-electron chi connectivity index (χ3n) is 1.76. The smallest absolute Gasteiger partial charge is 0.445 e. The van der Waals surface area contributed by atoms with Gasteiger partial charge in [-0.15, -0.1) is 5.46 Å². The predicted molar refractivity (Wildman–Crippen MR) is 44.6 cm³/mol. The Hall–Kier alpha value is 0.201. The van der Waals surface area contributed by atoms with Crippen LogP contribution >= 0.6 is 0 Å². The van der Waals surface area contributed by atoms with Gasteiger partial charge in [0.05, 0.1) is 11.6 Å². The van der Waals surface area contributed by atoms with Gasteiger partial charge in [0.25, 0.3) is 0 Å². The number of nitrogens with zero attached hydrogens (tertiary/aromatic N) is 1. The summed E-state index contributed by atoms with van der Waals surface area (Å²) in [5, 5.41) is 8.50. The fourth-order valence-corrected chi connectivity index (χ4v) is 0.964. The summed E-state index contributed by atoms with van der Waals surface area (Å²) in [7, 11) is 0. The third kappa shape index (κ3) is 3.41. The number of nitriles is 1. The first kappa shape index (κ1) is 14.2. The number of benzene rings is 1. The minimum atomic E-state index is -5.00. The van der Waals surface area contributed by atoms with Crippen LogP contribution in [0.15, 0.2) is 18.2 Å². The van der Waals surface area contributed by atoms with Gasteiger partial charge in [0, 0.05) is 0 Å². The maximum Gasteiger partial charge on any atom is 1.00 e. The van der Waals surface area contributed by atoms with Crippen molar-refractivity contribution in [2.45, 2.75) is 6.92 Å². The Morgan fingerprint density at radius 2 is 1.86 bits per heavy atom. The van der Waals surface area contributed by atoms with E-state index in [-0.39, 0.29) is 56.9 Å². The van der Waals surface area contributed by atoms with Crippen molar-refractivity contribution in [3.8, 4) is 6.07 Å². The standard InChI is InChI=1S/C8H6BF3N.K/c1-6-2-3-8(9(10,11)12)4-7(6)5-13;/h2-4H,1H3;/q-1;+1. The number of aryl methyl sites for hydroxylation is 1. The van der Waals surface area contributed by atoms with E-state index in [9.17, 15) is 12.9 Å². The molecule has 14 heavy (non-hydrogen) atoms. The summed E-state index contributed by atoms with van der Waals surface area (Å²) in [4.78, 5) is 0. The maximum absolute atomic E-state index is 12.2. The van der Waals surface area contributed by atoms with Gasteiger partial charge in [-0.1, -0.05) is 18.2 Å². The monoisotopic (exact) mass is 223 g/mol. The fourth-order valence-electron chi connectivity index (χ4n) is 0.964. The van der Waals surface area contributed by atoms with Gasteiger partial charge in [0.15, 0.2) is 0 Å². The van der Waals surface area contributed by atoms with Crippen LogP contribution in [-0.2, 0) is 0 Å². The largest absolute Gasteiger partial charge is 1.00 e. The Morgan fingerprint density at radius 1 is 1.29 bits per heavy atom. The van der Waals surface area contributed by atoms with Crippen LogP contribution in [0.3, 0.4) is 0 Å². The third-order valence-corrected chi connectivity index (χ3v) is 1.76. The predicted octanol–water partition coefficient (Wildman–Crippen LogP) is -1.07. The molecule has 0 aliphatic heterocycles. The van der Waals surface area contributed by atoms with Gasteiger partial charge in [-0.25, -0.2) is 0 Å². The normalized spacial score (nSPS) is 10.2. The van der Waals surface area contributed by atoms with Crippen molar-refractivity contribution in [2.24, 2.45) is 0 Å². The Bertz CT molecular complexity index is 370. The molecule has 6 heteroatoms. The Balaban J connectivity index is 0.00000169. The molecule has 68 valence electrons. The van der Waals surface area contributed by atoms with Gasteiger partial charge in [-0.3, -0.25) is 0 Å². The molecular weight excluding hydrogens is 217 g/mol. The van der Waals surface area contributed by atoms with E-state index < -0.39 is 12.4 Å². The maximum atomic E-state index is 12.2. The van der Waals surface area contributed by atoms with E-state index in [1.54, 1.807) is 13.0 Å². The van der Waals surface area contributed by atoms with Gasteiger partial charge >= 0.3 is 58.4 Å². The fraction of sp³-hybridized carbons (Fsp3) is 0.125. The van der Waals surface area contributed by atoms with Crippen LogP contribution in [0.2, 0.25) is 0 Å². The molecule has 1 nitrogen and oxygen atoms in total. The Morgan fingerprint density at radius 3 is 2.29 bits per heavy atom. The van der Waals surface area contributed by atoms with Crippen LogP contribution in [0, 0.1) is 18.3 Å². The van der Waals surface area contributed by atoms with Crippen LogP contribution in [0.25, 0.3) is 0 Å². The van der Waals surface area contributed by atoms with E-state index in [1.807, 2.05) is 0 Å². The topological polar surface area (TPSA) is 23.8 Å². The average Bonchev–Trinajstić information content (AvgIpc) is 2.03. The zero-order chi connectivity index (χ0) is 10.1. The van der Waals surface area contributed by atoms with Gasteiger partial charge < -0.3 is 12.9 Å². The molecule has 0 saturated carbocycles. The van der Waals surface area contributed by atoms with E-state index >= 15 is 0 Å². The molecule has 0 radical (unpaired) electrons. The van der Waals surface area contributed by atoms with Crippen LogP contribution < -0.4 is 56.8 Å². The van der Waals surface area contributed by atoms with Crippen molar-refractivity contribution < 1.29 is 64.3 Å². The second-order valence-electron chi connectivity index (χ2n) is 2.76. The molecule has 0 bridgehead atoms. The number of hydrogen-bond donors (Lipinski definition) is 0. The number of halogens is 3. The van der Waals surface area contributed by atoms with Crippen molar-refractivity contribution >= 4 is 12.4 Å². The zero-order valence-corrected chi connectivity index (χ0v) is 11.0.